The summed E-state index contributed by atoms with van der Waals surface area (Å²) in [4.78, 5) is 24.6. The molecule has 7 heteroatoms. The molecule has 1 saturated carbocycles. The highest BCUT2D eigenvalue weighted by molar-refractivity contribution is 7.15. The van der Waals surface area contributed by atoms with Gasteiger partial charge in [0.1, 0.15) is 10.6 Å². The van der Waals surface area contributed by atoms with E-state index >= 15 is 0 Å². The fraction of sp³-hybridized carbons (Fsp3) is 0.379. The molecular formula is C29H33N3O3S. The lowest BCUT2D eigenvalue weighted by Crippen LogP contribution is -2.22. The largest absolute Gasteiger partial charge is 0.457 e. The van der Waals surface area contributed by atoms with Crippen molar-refractivity contribution in [2.45, 2.75) is 64.4 Å². The van der Waals surface area contributed by atoms with Crippen LogP contribution in [0.15, 0.2) is 66.7 Å². The molecule has 0 aliphatic heterocycles. The molecule has 0 bridgehead atoms. The number of benzene rings is 2. The Bertz CT molecular complexity index is 1190. The summed E-state index contributed by atoms with van der Waals surface area (Å²) >= 11 is 1.40. The van der Waals surface area contributed by atoms with Crippen molar-refractivity contribution in [3.63, 3.8) is 0 Å². The average molecular weight is 504 g/mol. The van der Waals surface area contributed by atoms with Gasteiger partial charge in [-0.05, 0) is 81.5 Å². The van der Waals surface area contributed by atoms with E-state index in [9.17, 15) is 9.59 Å². The van der Waals surface area contributed by atoms with E-state index in [2.05, 4.69) is 39.8 Å². The smallest absolute Gasteiger partial charge is 0.330 e. The summed E-state index contributed by atoms with van der Waals surface area (Å²) < 4.78 is 5.35. The first-order valence-corrected chi connectivity index (χ1v) is 13.3. The molecule has 36 heavy (non-hydrogen) atoms. The van der Waals surface area contributed by atoms with E-state index in [1.807, 2.05) is 57.2 Å². The summed E-state index contributed by atoms with van der Waals surface area (Å²) in [5, 5.41) is 12.6. The van der Waals surface area contributed by atoms with Gasteiger partial charge in [0.25, 0.3) is 5.91 Å². The zero-order valence-electron chi connectivity index (χ0n) is 21.1. The van der Waals surface area contributed by atoms with Gasteiger partial charge >= 0.3 is 5.97 Å². The number of anilines is 1. The second-order valence-electron chi connectivity index (χ2n) is 10.2. The van der Waals surface area contributed by atoms with Crippen molar-refractivity contribution in [1.29, 1.82) is 0 Å². The van der Waals surface area contributed by atoms with Gasteiger partial charge in [-0.2, -0.15) is 0 Å². The molecule has 0 spiro atoms. The quantitative estimate of drug-likeness (QED) is 0.292. The van der Waals surface area contributed by atoms with Crippen LogP contribution in [-0.4, -0.2) is 27.7 Å². The standard InChI is InChI=1S/C29H33N3O3S/c1-29(2,3)35-26(33)18-11-20-9-12-22(13-10-20)23-14-16-24(17-15-23)27(34)30-28-32-31-25(36-28)19-21-7-5-4-6-8-21/h4-8,11,14-18,20,22H,9-10,12-13,19H2,1-3H3,(H,30,32,34)/b18-11+/t20-,22-. The van der Waals surface area contributed by atoms with Crippen molar-refractivity contribution in [3.8, 4) is 0 Å². The molecule has 3 aromatic rings. The van der Waals surface area contributed by atoms with Crippen molar-refractivity contribution in [2.75, 3.05) is 5.32 Å². The monoisotopic (exact) mass is 503 g/mol. The molecule has 0 saturated heterocycles. The third-order valence-corrected chi connectivity index (χ3v) is 7.05. The predicted octanol–water partition coefficient (Wildman–Crippen LogP) is 6.55. The lowest BCUT2D eigenvalue weighted by molar-refractivity contribution is -0.148. The molecule has 4 rings (SSSR count). The summed E-state index contributed by atoms with van der Waals surface area (Å²) in [6.07, 6.45) is 8.46. The highest BCUT2D eigenvalue weighted by Crippen LogP contribution is 2.36. The van der Waals surface area contributed by atoms with Gasteiger partial charge in [0.15, 0.2) is 0 Å². The van der Waals surface area contributed by atoms with Gasteiger partial charge in [-0.3, -0.25) is 10.1 Å². The van der Waals surface area contributed by atoms with Gasteiger partial charge in [-0.25, -0.2) is 4.79 Å². The summed E-state index contributed by atoms with van der Waals surface area (Å²) in [7, 11) is 0. The molecule has 1 aliphatic carbocycles. The van der Waals surface area contributed by atoms with Crippen LogP contribution in [0.1, 0.15) is 78.9 Å². The van der Waals surface area contributed by atoms with E-state index in [1.165, 1.54) is 16.9 Å². The number of allylic oxidation sites excluding steroid dienone is 1. The summed E-state index contributed by atoms with van der Waals surface area (Å²) in [5.74, 6) is 0.411. The van der Waals surface area contributed by atoms with Crippen LogP contribution in [0.4, 0.5) is 5.13 Å². The minimum Gasteiger partial charge on any atom is -0.457 e. The normalized spacial score (nSPS) is 18.2. The molecular weight excluding hydrogens is 470 g/mol. The Labute approximate surface area is 216 Å². The number of ether oxygens (including phenoxy) is 1. The first-order valence-electron chi connectivity index (χ1n) is 12.4. The second kappa shape index (κ2) is 11.6. The molecule has 1 heterocycles. The molecule has 1 N–H and O–H groups in total. The molecule has 6 nitrogen and oxygen atoms in total. The van der Waals surface area contributed by atoms with E-state index in [0.29, 0.717) is 29.0 Å². The van der Waals surface area contributed by atoms with Crippen LogP contribution in [0.3, 0.4) is 0 Å². The van der Waals surface area contributed by atoms with Gasteiger partial charge in [-0.15, -0.1) is 10.2 Å². The number of carbonyl (C=O) groups is 2. The third-order valence-electron chi connectivity index (χ3n) is 6.21. The van der Waals surface area contributed by atoms with Crippen LogP contribution in [0.25, 0.3) is 0 Å². The Morgan fingerprint density at radius 1 is 1.00 bits per heavy atom. The highest BCUT2D eigenvalue weighted by atomic mass is 32.1. The Hall–Kier alpha value is -3.32. The fourth-order valence-electron chi connectivity index (χ4n) is 4.42. The van der Waals surface area contributed by atoms with E-state index in [4.69, 9.17) is 4.74 Å². The van der Waals surface area contributed by atoms with Crippen LogP contribution in [0.2, 0.25) is 0 Å². The van der Waals surface area contributed by atoms with Crippen LogP contribution in [0, 0.1) is 5.92 Å². The van der Waals surface area contributed by atoms with Crippen LogP contribution < -0.4 is 5.32 Å². The number of esters is 1. The minimum atomic E-state index is -0.468. The summed E-state index contributed by atoms with van der Waals surface area (Å²) in [5.41, 5.74) is 2.55. The fourth-order valence-corrected chi connectivity index (χ4v) is 5.19. The molecule has 2 aromatic carbocycles. The van der Waals surface area contributed by atoms with Crippen molar-refractivity contribution in [3.05, 3.63) is 88.4 Å². The molecule has 1 fully saturated rings. The average Bonchev–Trinajstić information content (AvgIpc) is 3.29. The number of aromatic nitrogens is 2. The van der Waals surface area contributed by atoms with Crippen LogP contribution in [-0.2, 0) is 16.0 Å². The minimum absolute atomic E-state index is 0.181. The number of rotatable bonds is 7. The lowest BCUT2D eigenvalue weighted by Gasteiger charge is -2.27. The Morgan fingerprint density at radius 2 is 1.69 bits per heavy atom. The maximum absolute atomic E-state index is 12.7. The van der Waals surface area contributed by atoms with E-state index in [0.717, 1.165) is 36.3 Å². The number of hydrogen-bond donors (Lipinski definition) is 1. The summed E-state index contributed by atoms with van der Waals surface area (Å²) in [6.45, 7) is 5.62. The van der Waals surface area contributed by atoms with E-state index < -0.39 is 5.60 Å². The topological polar surface area (TPSA) is 81.2 Å². The molecule has 1 aliphatic rings. The maximum atomic E-state index is 12.7. The second-order valence-corrected chi connectivity index (χ2v) is 11.3. The summed E-state index contributed by atoms with van der Waals surface area (Å²) in [6, 6.07) is 17.9. The van der Waals surface area contributed by atoms with Gasteiger partial charge in [0.05, 0.1) is 0 Å². The number of carbonyl (C=O) groups excluding carboxylic acids is 2. The maximum Gasteiger partial charge on any atom is 0.330 e. The molecule has 0 atom stereocenters. The van der Waals surface area contributed by atoms with Crippen LogP contribution >= 0.6 is 11.3 Å². The first-order chi connectivity index (χ1) is 17.2. The van der Waals surface area contributed by atoms with Crippen molar-refractivity contribution in [2.24, 2.45) is 5.92 Å². The molecule has 1 amide bonds. The zero-order valence-corrected chi connectivity index (χ0v) is 21.9. The van der Waals surface area contributed by atoms with E-state index in [1.54, 1.807) is 6.08 Å². The number of nitrogens with zero attached hydrogens (tertiary/aromatic N) is 2. The molecule has 0 unspecified atom stereocenters. The number of amides is 1. The number of hydrogen-bond acceptors (Lipinski definition) is 6. The van der Waals surface area contributed by atoms with Crippen molar-refractivity contribution < 1.29 is 14.3 Å². The molecule has 188 valence electrons. The Balaban J connectivity index is 1.26. The Kier molecular flexibility index (Phi) is 8.31. The van der Waals surface area contributed by atoms with Gasteiger partial charge < -0.3 is 4.74 Å². The SMILES string of the molecule is CC(C)(C)OC(=O)/C=C/[C@H]1CC[C@H](c2ccc(C(=O)Nc3nnc(Cc4ccccc4)s3)cc2)CC1. The van der Waals surface area contributed by atoms with Crippen molar-refractivity contribution in [1.82, 2.24) is 10.2 Å². The van der Waals surface area contributed by atoms with E-state index in [-0.39, 0.29) is 11.9 Å². The van der Waals surface area contributed by atoms with Gasteiger partial charge in [0.2, 0.25) is 5.13 Å². The van der Waals surface area contributed by atoms with Gasteiger partial charge in [0, 0.05) is 18.1 Å². The Morgan fingerprint density at radius 3 is 2.36 bits per heavy atom. The predicted molar refractivity (Wildman–Crippen MR) is 143 cm³/mol. The van der Waals surface area contributed by atoms with Gasteiger partial charge in [-0.1, -0.05) is 59.9 Å². The lowest BCUT2D eigenvalue weighted by atomic mass is 9.78. The van der Waals surface area contributed by atoms with Crippen molar-refractivity contribution >= 4 is 28.3 Å². The zero-order chi connectivity index (χ0) is 25.5. The number of nitrogens with one attached hydrogen (secondary N) is 1. The first kappa shape index (κ1) is 25.8. The highest BCUT2D eigenvalue weighted by Gasteiger charge is 2.22. The molecule has 0 radical (unpaired) electrons. The van der Waals surface area contributed by atoms with Crippen LogP contribution in [0.5, 0.6) is 0 Å². The third kappa shape index (κ3) is 7.59. The molecule has 1 aromatic heterocycles.